The van der Waals surface area contributed by atoms with E-state index in [1.807, 2.05) is 29.3 Å². The van der Waals surface area contributed by atoms with Crippen LogP contribution < -0.4 is 10.2 Å². The van der Waals surface area contributed by atoms with Gasteiger partial charge in [-0.3, -0.25) is 4.79 Å². The van der Waals surface area contributed by atoms with Crippen LogP contribution in [0.5, 0.6) is 0 Å². The second-order valence-corrected chi connectivity index (χ2v) is 6.41. The molecule has 1 aromatic carbocycles. The van der Waals surface area contributed by atoms with E-state index < -0.39 is 0 Å². The number of benzene rings is 1. The number of nitrogens with zero attached hydrogens (tertiary/aromatic N) is 3. The first-order valence-corrected chi connectivity index (χ1v) is 8.56. The highest BCUT2D eigenvalue weighted by atomic mass is 16.2. The van der Waals surface area contributed by atoms with Gasteiger partial charge in [-0.2, -0.15) is 0 Å². The maximum Gasteiger partial charge on any atom is 0.240 e. The fourth-order valence-corrected chi connectivity index (χ4v) is 3.55. The zero-order chi connectivity index (χ0) is 16.4. The summed E-state index contributed by atoms with van der Waals surface area (Å²) in [6.07, 6.45) is 2.60. The Bertz CT molecular complexity index is 710. The molecule has 1 amide bonds. The normalized spacial score (nSPS) is 20.6. The molecule has 2 aliphatic heterocycles. The molecular weight excluding hydrogens is 300 g/mol. The smallest absolute Gasteiger partial charge is 0.240 e. The number of carbonyl (C=O) groups is 1. The fourth-order valence-electron chi connectivity index (χ4n) is 3.55. The van der Waals surface area contributed by atoms with Crippen LogP contribution in [-0.2, 0) is 17.8 Å². The van der Waals surface area contributed by atoms with Crippen LogP contribution in [-0.4, -0.2) is 48.0 Å². The van der Waals surface area contributed by atoms with Crippen molar-refractivity contribution in [3.05, 3.63) is 59.8 Å². The van der Waals surface area contributed by atoms with E-state index in [1.165, 1.54) is 11.1 Å². The van der Waals surface area contributed by atoms with Gasteiger partial charge in [-0.15, -0.1) is 0 Å². The van der Waals surface area contributed by atoms with E-state index in [2.05, 4.69) is 39.5 Å². The number of amides is 1. The molecule has 5 nitrogen and oxygen atoms in total. The summed E-state index contributed by atoms with van der Waals surface area (Å²) in [6, 6.07) is 14.2. The van der Waals surface area contributed by atoms with Crippen LogP contribution in [0.15, 0.2) is 48.7 Å². The highest BCUT2D eigenvalue weighted by Crippen LogP contribution is 2.19. The molecule has 1 unspecified atom stereocenters. The maximum atomic E-state index is 12.8. The van der Waals surface area contributed by atoms with Crippen LogP contribution in [0.2, 0.25) is 0 Å². The van der Waals surface area contributed by atoms with Crippen molar-refractivity contribution in [2.75, 3.05) is 31.1 Å². The summed E-state index contributed by atoms with van der Waals surface area (Å²) in [5.41, 5.74) is 2.60. The van der Waals surface area contributed by atoms with Gasteiger partial charge in [0.05, 0.1) is 6.04 Å². The zero-order valence-electron chi connectivity index (χ0n) is 13.7. The summed E-state index contributed by atoms with van der Waals surface area (Å²) >= 11 is 0. The molecule has 5 heteroatoms. The third-order valence-corrected chi connectivity index (χ3v) is 4.94. The van der Waals surface area contributed by atoms with E-state index >= 15 is 0 Å². The van der Waals surface area contributed by atoms with Crippen molar-refractivity contribution in [1.82, 2.24) is 15.2 Å². The van der Waals surface area contributed by atoms with E-state index in [0.717, 1.165) is 45.0 Å². The summed E-state index contributed by atoms with van der Waals surface area (Å²) in [7, 11) is 0. The number of hydrogen-bond acceptors (Lipinski definition) is 4. The summed E-state index contributed by atoms with van der Waals surface area (Å²) in [4.78, 5) is 21.5. The number of piperazine rings is 1. The Hall–Kier alpha value is -2.40. The lowest BCUT2D eigenvalue weighted by atomic mass is 9.95. The SMILES string of the molecule is O=C(C1Cc2ccccc2CN1)N1CCN(c2ccccn2)CC1. The molecule has 1 saturated heterocycles. The Labute approximate surface area is 142 Å². The van der Waals surface area contributed by atoms with Crippen molar-refractivity contribution < 1.29 is 4.79 Å². The summed E-state index contributed by atoms with van der Waals surface area (Å²) in [5, 5.41) is 3.40. The van der Waals surface area contributed by atoms with Gasteiger partial charge < -0.3 is 15.1 Å². The molecule has 1 N–H and O–H groups in total. The number of hydrogen-bond donors (Lipinski definition) is 1. The molecule has 2 aliphatic rings. The number of aromatic nitrogens is 1. The van der Waals surface area contributed by atoms with E-state index in [0.29, 0.717) is 0 Å². The minimum atomic E-state index is -0.0960. The number of anilines is 1. The van der Waals surface area contributed by atoms with Crippen molar-refractivity contribution in [1.29, 1.82) is 0 Å². The molecule has 2 aromatic rings. The summed E-state index contributed by atoms with van der Waals surface area (Å²) in [6.45, 7) is 3.98. The van der Waals surface area contributed by atoms with Crippen LogP contribution in [0.3, 0.4) is 0 Å². The van der Waals surface area contributed by atoms with Gasteiger partial charge >= 0.3 is 0 Å². The highest BCUT2D eigenvalue weighted by molar-refractivity contribution is 5.83. The van der Waals surface area contributed by atoms with Crippen LogP contribution in [0.25, 0.3) is 0 Å². The second-order valence-electron chi connectivity index (χ2n) is 6.41. The van der Waals surface area contributed by atoms with Crippen LogP contribution >= 0.6 is 0 Å². The minimum absolute atomic E-state index is 0.0960. The highest BCUT2D eigenvalue weighted by Gasteiger charge is 2.30. The average molecular weight is 322 g/mol. The maximum absolute atomic E-state index is 12.8. The Morgan fingerprint density at radius 2 is 1.75 bits per heavy atom. The third-order valence-electron chi connectivity index (χ3n) is 4.94. The molecule has 0 spiro atoms. The van der Waals surface area contributed by atoms with Crippen molar-refractivity contribution in [2.24, 2.45) is 0 Å². The number of carbonyl (C=O) groups excluding carboxylic acids is 1. The van der Waals surface area contributed by atoms with E-state index in [9.17, 15) is 4.79 Å². The minimum Gasteiger partial charge on any atom is -0.353 e. The lowest BCUT2D eigenvalue weighted by molar-refractivity contribution is -0.134. The quantitative estimate of drug-likeness (QED) is 0.909. The van der Waals surface area contributed by atoms with Gasteiger partial charge in [0, 0.05) is 38.9 Å². The first kappa shape index (κ1) is 15.1. The van der Waals surface area contributed by atoms with Gasteiger partial charge in [0.2, 0.25) is 5.91 Å². The van der Waals surface area contributed by atoms with Gasteiger partial charge in [0.25, 0.3) is 0 Å². The van der Waals surface area contributed by atoms with Gasteiger partial charge in [-0.1, -0.05) is 30.3 Å². The molecule has 1 atom stereocenters. The first-order valence-electron chi connectivity index (χ1n) is 8.56. The molecule has 3 heterocycles. The predicted octanol–water partition coefficient (Wildman–Crippen LogP) is 1.44. The molecule has 1 fully saturated rings. The molecule has 0 bridgehead atoms. The molecule has 124 valence electrons. The predicted molar refractivity (Wildman–Crippen MR) is 93.8 cm³/mol. The molecule has 1 aromatic heterocycles. The topological polar surface area (TPSA) is 48.5 Å². The van der Waals surface area contributed by atoms with E-state index in [1.54, 1.807) is 0 Å². The third kappa shape index (κ3) is 2.99. The molecule has 4 rings (SSSR count). The van der Waals surface area contributed by atoms with Crippen molar-refractivity contribution in [3.8, 4) is 0 Å². The zero-order valence-corrected chi connectivity index (χ0v) is 13.7. The summed E-state index contributed by atoms with van der Waals surface area (Å²) < 4.78 is 0. The van der Waals surface area contributed by atoms with Crippen molar-refractivity contribution in [2.45, 2.75) is 19.0 Å². The van der Waals surface area contributed by atoms with Crippen LogP contribution in [0.1, 0.15) is 11.1 Å². The Balaban J connectivity index is 1.37. The molecule has 0 saturated carbocycles. The number of rotatable bonds is 2. The number of nitrogens with one attached hydrogen (secondary N) is 1. The first-order chi connectivity index (χ1) is 11.8. The van der Waals surface area contributed by atoms with Gasteiger partial charge in [0.15, 0.2) is 0 Å². The Morgan fingerprint density at radius 1 is 1.00 bits per heavy atom. The van der Waals surface area contributed by atoms with Crippen LogP contribution in [0, 0.1) is 0 Å². The van der Waals surface area contributed by atoms with Crippen molar-refractivity contribution >= 4 is 11.7 Å². The van der Waals surface area contributed by atoms with Gasteiger partial charge in [-0.05, 0) is 29.7 Å². The van der Waals surface area contributed by atoms with Crippen LogP contribution in [0.4, 0.5) is 5.82 Å². The standard InChI is InChI=1S/C19H22N4O/c24-19(17-13-15-5-1-2-6-16(15)14-21-17)23-11-9-22(10-12-23)18-7-3-4-8-20-18/h1-8,17,21H,9-14H2. The number of pyridine rings is 1. The molecular formula is C19H22N4O. The van der Waals surface area contributed by atoms with E-state index in [4.69, 9.17) is 0 Å². The molecule has 0 radical (unpaired) electrons. The Morgan fingerprint density at radius 3 is 2.50 bits per heavy atom. The number of fused-ring (bicyclic) bond motifs is 1. The lowest BCUT2D eigenvalue weighted by Gasteiger charge is -2.38. The molecule has 0 aliphatic carbocycles. The summed E-state index contributed by atoms with van der Waals surface area (Å²) in [5.74, 6) is 1.22. The Kier molecular flexibility index (Phi) is 4.17. The van der Waals surface area contributed by atoms with Crippen molar-refractivity contribution in [3.63, 3.8) is 0 Å². The monoisotopic (exact) mass is 322 g/mol. The largest absolute Gasteiger partial charge is 0.353 e. The van der Waals surface area contributed by atoms with Gasteiger partial charge in [0.1, 0.15) is 5.82 Å². The average Bonchev–Trinajstić information content (AvgIpc) is 2.68. The fraction of sp³-hybridized carbons (Fsp3) is 0.368. The molecule has 24 heavy (non-hydrogen) atoms. The lowest BCUT2D eigenvalue weighted by Crippen LogP contribution is -2.55. The van der Waals surface area contributed by atoms with E-state index in [-0.39, 0.29) is 11.9 Å². The van der Waals surface area contributed by atoms with Gasteiger partial charge in [-0.25, -0.2) is 4.98 Å². The second kappa shape index (κ2) is 6.61.